The first-order valence-electron chi connectivity index (χ1n) is 6.66. The molecule has 0 saturated heterocycles. The maximum absolute atomic E-state index is 8.73. The molecular formula is C16H18N4O. The lowest BCUT2D eigenvalue weighted by atomic mass is 9.94. The number of para-hydroxylation sites is 1. The molecule has 0 bridgehead atoms. The van der Waals surface area contributed by atoms with Gasteiger partial charge < -0.3 is 10.1 Å². The average Bonchev–Trinajstić information content (AvgIpc) is 2.47. The van der Waals surface area contributed by atoms with Gasteiger partial charge in [-0.3, -0.25) is 0 Å². The summed E-state index contributed by atoms with van der Waals surface area (Å²) in [6, 6.07) is 9.90. The summed E-state index contributed by atoms with van der Waals surface area (Å²) >= 11 is 0. The van der Waals surface area contributed by atoms with Crippen molar-refractivity contribution in [2.24, 2.45) is 0 Å². The van der Waals surface area contributed by atoms with Gasteiger partial charge in [0.05, 0.1) is 19.5 Å². The van der Waals surface area contributed by atoms with Gasteiger partial charge in [-0.05, 0) is 31.9 Å². The first-order valence-corrected chi connectivity index (χ1v) is 6.66. The SMILES string of the molecule is COc1ccccc1CC(C)(C)Nc1cnc(C#N)cn1. The van der Waals surface area contributed by atoms with E-state index >= 15 is 0 Å². The first kappa shape index (κ1) is 14.8. The second-order valence-electron chi connectivity index (χ2n) is 5.40. The van der Waals surface area contributed by atoms with E-state index in [1.807, 2.05) is 30.3 Å². The first-order chi connectivity index (χ1) is 10.0. The minimum atomic E-state index is -0.225. The van der Waals surface area contributed by atoms with E-state index in [2.05, 4.69) is 29.1 Å². The highest BCUT2D eigenvalue weighted by Crippen LogP contribution is 2.24. The second kappa shape index (κ2) is 6.23. The number of hydrogen-bond donors (Lipinski definition) is 1. The molecule has 0 saturated carbocycles. The van der Waals surface area contributed by atoms with Gasteiger partial charge in [0, 0.05) is 5.54 Å². The van der Waals surface area contributed by atoms with Crippen LogP contribution < -0.4 is 10.1 Å². The summed E-state index contributed by atoms with van der Waals surface area (Å²) in [6.07, 6.45) is 3.81. The third kappa shape index (κ3) is 3.93. The van der Waals surface area contributed by atoms with Crippen LogP contribution in [0.5, 0.6) is 5.75 Å². The van der Waals surface area contributed by atoms with Crippen LogP contribution in [0.25, 0.3) is 0 Å². The van der Waals surface area contributed by atoms with Gasteiger partial charge in [0.15, 0.2) is 5.69 Å². The van der Waals surface area contributed by atoms with Gasteiger partial charge in [0.25, 0.3) is 0 Å². The minimum absolute atomic E-state index is 0.225. The normalized spacial score (nSPS) is 10.8. The van der Waals surface area contributed by atoms with Crippen molar-refractivity contribution in [2.75, 3.05) is 12.4 Å². The van der Waals surface area contributed by atoms with Crippen LogP contribution in [0.2, 0.25) is 0 Å². The molecule has 2 aromatic rings. The number of rotatable bonds is 5. The van der Waals surface area contributed by atoms with Crippen molar-refractivity contribution in [3.05, 3.63) is 47.9 Å². The van der Waals surface area contributed by atoms with E-state index in [9.17, 15) is 0 Å². The van der Waals surface area contributed by atoms with Gasteiger partial charge in [-0.25, -0.2) is 9.97 Å². The summed E-state index contributed by atoms with van der Waals surface area (Å²) in [5.74, 6) is 1.52. The lowest BCUT2D eigenvalue weighted by Gasteiger charge is -2.27. The Bertz CT molecular complexity index is 644. The highest BCUT2D eigenvalue weighted by Gasteiger charge is 2.20. The maximum atomic E-state index is 8.73. The summed E-state index contributed by atoms with van der Waals surface area (Å²) in [4.78, 5) is 8.20. The zero-order valence-corrected chi connectivity index (χ0v) is 12.4. The number of anilines is 1. The van der Waals surface area contributed by atoms with Crippen LogP contribution in [-0.4, -0.2) is 22.6 Å². The van der Waals surface area contributed by atoms with Crippen molar-refractivity contribution < 1.29 is 4.74 Å². The molecule has 108 valence electrons. The van der Waals surface area contributed by atoms with Crippen LogP contribution in [0.4, 0.5) is 5.82 Å². The van der Waals surface area contributed by atoms with E-state index in [1.54, 1.807) is 13.3 Å². The topological polar surface area (TPSA) is 70.8 Å². The number of nitrogens with one attached hydrogen (secondary N) is 1. The Balaban J connectivity index is 2.12. The Morgan fingerprint density at radius 1 is 1.24 bits per heavy atom. The van der Waals surface area contributed by atoms with Crippen molar-refractivity contribution >= 4 is 5.82 Å². The smallest absolute Gasteiger partial charge is 0.158 e. The third-order valence-electron chi connectivity index (χ3n) is 3.06. The summed E-state index contributed by atoms with van der Waals surface area (Å²) < 4.78 is 5.38. The van der Waals surface area contributed by atoms with E-state index in [0.29, 0.717) is 11.5 Å². The highest BCUT2D eigenvalue weighted by molar-refractivity contribution is 5.40. The van der Waals surface area contributed by atoms with E-state index < -0.39 is 0 Å². The van der Waals surface area contributed by atoms with Crippen LogP contribution in [-0.2, 0) is 6.42 Å². The minimum Gasteiger partial charge on any atom is -0.496 e. The van der Waals surface area contributed by atoms with E-state index in [1.165, 1.54) is 6.20 Å². The molecule has 0 aliphatic heterocycles. The molecule has 2 rings (SSSR count). The molecule has 1 aromatic carbocycles. The standard InChI is InChI=1S/C16H18N4O/c1-16(2,8-12-6-4-5-7-14(12)21-3)20-15-11-18-13(9-17)10-19-15/h4-7,10-11H,8H2,1-3H3,(H,19,20). The van der Waals surface area contributed by atoms with Gasteiger partial charge >= 0.3 is 0 Å². The molecular weight excluding hydrogens is 264 g/mol. The van der Waals surface area contributed by atoms with Crippen molar-refractivity contribution in [1.29, 1.82) is 5.26 Å². The average molecular weight is 282 g/mol. The fourth-order valence-electron chi connectivity index (χ4n) is 2.17. The number of nitrogens with zero attached hydrogens (tertiary/aromatic N) is 3. The molecule has 21 heavy (non-hydrogen) atoms. The summed E-state index contributed by atoms with van der Waals surface area (Å²) in [6.45, 7) is 4.17. The van der Waals surface area contributed by atoms with Crippen LogP contribution >= 0.6 is 0 Å². The molecule has 0 aliphatic carbocycles. The summed E-state index contributed by atoms with van der Waals surface area (Å²) in [7, 11) is 1.67. The number of methoxy groups -OCH3 is 1. The van der Waals surface area contributed by atoms with Crippen molar-refractivity contribution in [1.82, 2.24) is 9.97 Å². The van der Waals surface area contributed by atoms with Crippen LogP contribution in [0.1, 0.15) is 25.1 Å². The Kier molecular flexibility index (Phi) is 4.39. The molecule has 5 nitrogen and oxygen atoms in total. The Morgan fingerprint density at radius 2 is 2.00 bits per heavy atom. The lowest BCUT2D eigenvalue weighted by molar-refractivity contribution is 0.405. The molecule has 0 fully saturated rings. The number of ether oxygens (including phenoxy) is 1. The summed E-state index contributed by atoms with van der Waals surface area (Å²) in [5.41, 5.74) is 1.21. The fourth-order valence-corrected chi connectivity index (χ4v) is 2.17. The molecule has 1 aromatic heterocycles. The van der Waals surface area contributed by atoms with Gasteiger partial charge in [-0.15, -0.1) is 0 Å². The van der Waals surface area contributed by atoms with Gasteiger partial charge in [-0.2, -0.15) is 5.26 Å². The Hall–Kier alpha value is -2.61. The Morgan fingerprint density at radius 3 is 2.62 bits per heavy atom. The summed E-state index contributed by atoms with van der Waals surface area (Å²) in [5, 5.41) is 12.1. The molecule has 0 spiro atoms. The zero-order chi connectivity index (χ0) is 15.3. The number of hydrogen-bond acceptors (Lipinski definition) is 5. The van der Waals surface area contributed by atoms with Crippen molar-refractivity contribution in [3.8, 4) is 11.8 Å². The van der Waals surface area contributed by atoms with Crippen LogP contribution in [0, 0.1) is 11.3 Å². The number of benzene rings is 1. The van der Waals surface area contributed by atoms with E-state index in [0.717, 1.165) is 17.7 Å². The molecule has 1 N–H and O–H groups in total. The maximum Gasteiger partial charge on any atom is 0.158 e. The van der Waals surface area contributed by atoms with Crippen molar-refractivity contribution in [3.63, 3.8) is 0 Å². The molecule has 0 unspecified atom stereocenters. The van der Waals surface area contributed by atoms with Gasteiger partial charge in [0.1, 0.15) is 17.6 Å². The fraction of sp³-hybridized carbons (Fsp3) is 0.312. The molecule has 0 aliphatic rings. The van der Waals surface area contributed by atoms with Gasteiger partial charge in [-0.1, -0.05) is 18.2 Å². The van der Waals surface area contributed by atoms with Crippen LogP contribution in [0.15, 0.2) is 36.7 Å². The zero-order valence-electron chi connectivity index (χ0n) is 12.4. The molecule has 1 heterocycles. The molecule has 0 atom stereocenters. The predicted octanol–water partition coefficient (Wildman–Crippen LogP) is 2.79. The highest BCUT2D eigenvalue weighted by atomic mass is 16.5. The molecule has 0 radical (unpaired) electrons. The largest absolute Gasteiger partial charge is 0.496 e. The monoisotopic (exact) mass is 282 g/mol. The van der Waals surface area contributed by atoms with E-state index in [4.69, 9.17) is 10.00 Å². The van der Waals surface area contributed by atoms with E-state index in [-0.39, 0.29) is 5.54 Å². The number of nitriles is 1. The van der Waals surface area contributed by atoms with Crippen LogP contribution in [0.3, 0.4) is 0 Å². The second-order valence-corrected chi connectivity index (χ2v) is 5.40. The lowest BCUT2D eigenvalue weighted by Crippen LogP contribution is -2.34. The molecule has 0 amide bonds. The third-order valence-corrected chi connectivity index (χ3v) is 3.06. The number of aromatic nitrogens is 2. The van der Waals surface area contributed by atoms with Crippen molar-refractivity contribution in [2.45, 2.75) is 25.8 Å². The van der Waals surface area contributed by atoms with Gasteiger partial charge in [0.2, 0.25) is 0 Å². The Labute approximate surface area is 124 Å². The quantitative estimate of drug-likeness (QED) is 0.913. The molecule has 5 heteroatoms. The predicted molar refractivity (Wildman–Crippen MR) is 81.1 cm³/mol.